The fourth-order valence-electron chi connectivity index (χ4n) is 2.21. The minimum Gasteiger partial charge on any atom is -0.360 e. The van der Waals surface area contributed by atoms with E-state index in [4.69, 9.17) is 0 Å². The molecule has 2 N–H and O–H groups in total. The highest BCUT2D eigenvalue weighted by Gasteiger charge is 2.07. The summed E-state index contributed by atoms with van der Waals surface area (Å²) < 4.78 is 0. The fourth-order valence-corrected chi connectivity index (χ4v) is 2.96. The van der Waals surface area contributed by atoms with E-state index in [1.165, 1.54) is 11.3 Å². The highest BCUT2D eigenvalue weighted by atomic mass is 32.1. The molecule has 0 saturated carbocycles. The first-order chi connectivity index (χ1) is 11.8. The second kappa shape index (κ2) is 7.65. The molecule has 0 aliphatic heterocycles. The van der Waals surface area contributed by atoms with Crippen molar-refractivity contribution >= 4 is 22.4 Å². The van der Waals surface area contributed by atoms with E-state index in [1.54, 1.807) is 19.3 Å². The molecular weight excluding hydrogens is 322 g/mol. The van der Waals surface area contributed by atoms with Crippen LogP contribution in [0.1, 0.15) is 15.9 Å². The number of benzene rings is 1. The van der Waals surface area contributed by atoms with Crippen LogP contribution in [0.3, 0.4) is 0 Å². The number of anilines is 1. The second-order valence-corrected chi connectivity index (χ2v) is 6.06. The summed E-state index contributed by atoms with van der Waals surface area (Å²) >= 11 is 1.47. The van der Waals surface area contributed by atoms with Gasteiger partial charge >= 0.3 is 0 Å². The number of rotatable bonds is 6. The quantitative estimate of drug-likeness (QED) is 0.722. The lowest BCUT2D eigenvalue weighted by Crippen LogP contribution is -2.18. The second-order valence-electron chi connectivity index (χ2n) is 5.08. The number of aromatic nitrogens is 3. The zero-order valence-electron chi connectivity index (χ0n) is 13.2. The average Bonchev–Trinajstić information content (AvgIpc) is 3.11. The normalized spacial score (nSPS) is 10.4. The van der Waals surface area contributed by atoms with Crippen molar-refractivity contribution in [2.45, 2.75) is 6.42 Å². The van der Waals surface area contributed by atoms with Crippen molar-refractivity contribution in [1.29, 1.82) is 0 Å². The lowest BCUT2D eigenvalue weighted by Gasteiger charge is -2.05. The van der Waals surface area contributed by atoms with E-state index < -0.39 is 0 Å². The van der Waals surface area contributed by atoms with Gasteiger partial charge in [-0.25, -0.2) is 0 Å². The molecule has 1 aromatic carbocycles. The van der Waals surface area contributed by atoms with Crippen LogP contribution in [0.2, 0.25) is 0 Å². The Morgan fingerprint density at radius 1 is 1.17 bits per heavy atom. The van der Waals surface area contributed by atoms with Gasteiger partial charge in [-0.15, -0.1) is 10.2 Å². The number of hydrogen-bond acceptors (Lipinski definition) is 6. The highest BCUT2D eigenvalue weighted by Crippen LogP contribution is 2.24. The molecule has 7 heteroatoms. The van der Waals surface area contributed by atoms with E-state index >= 15 is 0 Å². The molecule has 122 valence electrons. The molecule has 0 radical (unpaired) electrons. The molecule has 2 aromatic heterocycles. The van der Waals surface area contributed by atoms with Gasteiger partial charge in [-0.05, 0) is 36.2 Å². The fraction of sp³-hybridized carbons (Fsp3) is 0.176. The number of amides is 1. The van der Waals surface area contributed by atoms with E-state index in [2.05, 4.69) is 25.8 Å². The molecule has 0 fully saturated rings. The van der Waals surface area contributed by atoms with Crippen molar-refractivity contribution in [3.8, 4) is 10.7 Å². The Labute approximate surface area is 144 Å². The molecule has 0 atom stereocenters. The first kappa shape index (κ1) is 16.1. The van der Waals surface area contributed by atoms with E-state index in [-0.39, 0.29) is 5.91 Å². The molecule has 0 unspecified atom stereocenters. The van der Waals surface area contributed by atoms with Gasteiger partial charge in [0.25, 0.3) is 5.91 Å². The van der Waals surface area contributed by atoms with Gasteiger partial charge in [-0.2, -0.15) is 0 Å². The number of nitrogens with one attached hydrogen (secondary N) is 2. The lowest BCUT2D eigenvalue weighted by molar-refractivity contribution is 0.0963. The van der Waals surface area contributed by atoms with Gasteiger partial charge in [-0.3, -0.25) is 9.78 Å². The van der Waals surface area contributed by atoms with Crippen molar-refractivity contribution < 1.29 is 4.79 Å². The zero-order valence-corrected chi connectivity index (χ0v) is 14.0. The molecule has 3 aromatic rings. The first-order valence-electron chi connectivity index (χ1n) is 7.56. The van der Waals surface area contributed by atoms with Crippen molar-refractivity contribution in [1.82, 2.24) is 20.5 Å². The van der Waals surface area contributed by atoms with Gasteiger partial charge in [-0.1, -0.05) is 29.5 Å². The van der Waals surface area contributed by atoms with E-state index in [0.717, 1.165) is 27.8 Å². The number of pyridine rings is 1. The Morgan fingerprint density at radius 2 is 2.08 bits per heavy atom. The summed E-state index contributed by atoms with van der Waals surface area (Å²) in [6.45, 7) is 0.716. The molecule has 3 rings (SSSR count). The monoisotopic (exact) mass is 339 g/mol. The van der Waals surface area contributed by atoms with Crippen molar-refractivity contribution in [2.75, 3.05) is 18.9 Å². The van der Waals surface area contributed by atoms with Gasteiger partial charge in [0.1, 0.15) is 5.69 Å². The van der Waals surface area contributed by atoms with Crippen LogP contribution in [0.15, 0.2) is 48.7 Å². The summed E-state index contributed by atoms with van der Waals surface area (Å²) in [5.41, 5.74) is 2.59. The van der Waals surface area contributed by atoms with Crippen LogP contribution >= 0.6 is 11.3 Å². The minimum absolute atomic E-state index is 0.0751. The van der Waals surface area contributed by atoms with Crippen LogP contribution in [-0.2, 0) is 6.42 Å². The molecule has 0 spiro atoms. The zero-order chi connectivity index (χ0) is 16.8. The summed E-state index contributed by atoms with van der Waals surface area (Å²) in [6.07, 6.45) is 2.53. The summed E-state index contributed by atoms with van der Waals surface area (Å²) in [4.78, 5) is 15.9. The molecule has 2 heterocycles. The summed E-state index contributed by atoms with van der Waals surface area (Å²) in [5.74, 6) is -0.0751. The smallest absolute Gasteiger partial charge is 0.251 e. The maximum atomic E-state index is 11.6. The summed E-state index contributed by atoms with van der Waals surface area (Å²) in [7, 11) is 1.63. The van der Waals surface area contributed by atoms with E-state index in [0.29, 0.717) is 12.1 Å². The molecule has 0 aliphatic carbocycles. The van der Waals surface area contributed by atoms with Gasteiger partial charge < -0.3 is 10.6 Å². The van der Waals surface area contributed by atoms with Gasteiger partial charge in [0.2, 0.25) is 5.13 Å². The predicted octanol–water partition coefficient (Wildman–Crippen LogP) is 2.61. The Bertz CT molecular complexity index is 819. The van der Waals surface area contributed by atoms with Crippen LogP contribution in [0, 0.1) is 0 Å². The third-order valence-corrected chi connectivity index (χ3v) is 4.32. The number of carbonyl (C=O) groups is 1. The highest BCUT2D eigenvalue weighted by molar-refractivity contribution is 7.18. The van der Waals surface area contributed by atoms with Crippen molar-refractivity contribution in [3.05, 3.63) is 59.8 Å². The van der Waals surface area contributed by atoms with Crippen LogP contribution in [-0.4, -0.2) is 34.7 Å². The first-order valence-corrected chi connectivity index (χ1v) is 8.38. The van der Waals surface area contributed by atoms with Crippen molar-refractivity contribution in [2.24, 2.45) is 0 Å². The maximum absolute atomic E-state index is 11.6. The van der Waals surface area contributed by atoms with Crippen LogP contribution < -0.4 is 10.6 Å². The third-order valence-electron chi connectivity index (χ3n) is 3.42. The van der Waals surface area contributed by atoms with Crippen LogP contribution in [0.4, 0.5) is 5.13 Å². The predicted molar refractivity (Wildman–Crippen MR) is 95.2 cm³/mol. The van der Waals surface area contributed by atoms with Gasteiger partial charge in [0, 0.05) is 25.4 Å². The Balaban J connectivity index is 1.57. The molecule has 6 nitrogen and oxygen atoms in total. The average molecular weight is 339 g/mol. The van der Waals surface area contributed by atoms with Gasteiger partial charge in [0.15, 0.2) is 5.01 Å². The maximum Gasteiger partial charge on any atom is 0.251 e. The van der Waals surface area contributed by atoms with E-state index in [9.17, 15) is 4.79 Å². The Morgan fingerprint density at radius 3 is 2.88 bits per heavy atom. The molecule has 0 bridgehead atoms. The SMILES string of the molecule is CNC(=O)c1cccc(CCNc2nnc(-c3ccccn3)s2)c1. The minimum atomic E-state index is -0.0751. The number of carbonyl (C=O) groups excluding carboxylic acids is 1. The molecule has 24 heavy (non-hydrogen) atoms. The third kappa shape index (κ3) is 3.94. The molecular formula is C17H17N5OS. The number of hydrogen-bond donors (Lipinski definition) is 2. The lowest BCUT2D eigenvalue weighted by atomic mass is 10.1. The van der Waals surface area contributed by atoms with Crippen LogP contribution in [0.25, 0.3) is 10.7 Å². The summed E-state index contributed by atoms with van der Waals surface area (Å²) in [6, 6.07) is 13.3. The van der Waals surface area contributed by atoms with Crippen LogP contribution in [0.5, 0.6) is 0 Å². The Kier molecular flexibility index (Phi) is 5.12. The topological polar surface area (TPSA) is 79.8 Å². The standard InChI is InChI=1S/C17H17N5OS/c1-18-15(23)13-6-4-5-12(11-13)8-10-20-17-22-21-16(24-17)14-7-2-3-9-19-14/h2-7,9,11H,8,10H2,1H3,(H,18,23)(H,20,22). The van der Waals surface area contributed by atoms with Crippen molar-refractivity contribution in [3.63, 3.8) is 0 Å². The molecule has 0 saturated heterocycles. The number of nitrogens with zero attached hydrogens (tertiary/aromatic N) is 3. The Hall–Kier alpha value is -2.80. The molecule has 1 amide bonds. The summed E-state index contributed by atoms with van der Waals surface area (Å²) in [5, 5.41) is 15.7. The largest absolute Gasteiger partial charge is 0.360 e. The van der Waals surface area contributed by atoms with Gasteiger partial charge in [0.05, 0.1) is 0 Å². The molecule has 0 aliphatic rings. The van der Waals surface area contributed by atoms with E-state index in [1.807, 2.05) is 36.4 Å².